The molecule has 0 fully saturated rings. The van der Waals surface area contributed by atoms with E-state index in [0.717, 1.165) is 5.56 Å². The van der Waals surface area contributed by atoms with Crippen LogP contribution in [0.25, 0.3) is 0 Å². The Bertz CT molecular complexity index is 579. The summed E-state index contributed by atoms with van der Waals surface area (Å²) in [5.74, 6) is 0.0388. The SMILES string of the molecule is CC(=O)Nc1cc2c(cc1C(=O)/C=C/N(C)C)OOC2. The van der Waals surface area contributed by atoms with Gasteiger partial charge in [0.1, 0.15) is 6.61 Å². The molecule has 1 heterocycles. The molecule has 0 saturated carbocycles. The predicted octanol–water partition coefficient (Wildman–Crippen LogP) is 1.73. The van der Waals surface area contributed by atoms with Gasteiger partial charge in [0.15, 0.2) is 11.5 Å². The fraction of sp³-hybridized carbons (Fsp3) is 0.286. The van der Waals surface area contributed by atoms with Gasteiger partial charge in [0.25, 0.3) is 0 Å². The highest BCUT2D eigenvalue weighted by atomic mass is 17.2. The molecule has 1 amide bonds. The molecule has 6 heteroatoms. The molecule has 0 radical (unpaired) electrons. The fourth-order valence-corrected chi connectivity index (χ4v) is 1.77. The molecule has 0 spiro atoms. The smallest absolute Gasteiger partial charge is 0.221 e. The summed E-state index contributed by atoms with van der Waals surface area (Å²) in [4.78, 5) is 35.0. The summed E-state index contributed by atoms with van der Waals surface area (Å²) in [6.45, 7) is 1.69. The fourth-order valence-electron chi connectivity index (χ4n) is 1.77. The van der Waals surface area contributed by atoms with Gasteiger partial charge in [0, 0.05) is 44.4 Å². The van der Waals surface area contributed by atoms with Crippen LogP contribution in [-0.2, 0) is 16.3 Å². The van der Waals surface area contributed by atoms with E-state index in [1.807, 2.05) is 14.1 Å². The van der Waals surface area contributed by atoms with Gasteiger partial charge in [0.2, 0.25) is 5.91 Å². The van der Waals surface area contributed by atoms with Gasteiger partial charge in [-0.15, -0.1) is 0 Å². The third kappa shape index (κ3) is 3.16. The summed E-state index contributed by atoms with van der Waals surface area (Å²) in [6, 6.07) is 3.27. The van der Waals surface area contributed by atoms with E-state index in [9.17, 15) is 9.59 Å². The lowest BCUT2D eigenvalue weighted by atomic mass is 10.0. The maximum absolute atomic E-state index is 12.2. The predicted molar refractivity (Wildman–Crippen MR) is 73.3 cm³/mol. The molecule has 1 aliphatic rings. The second kappa shape index (κ2) is 5.75. The number of hydrogen-bond acceptors (Lipinski definition) is 5. The summed E-state index contributed by atoms with van der Waals surface area (Å²) in [6.07, 6.45) is 3.08. The van der Waals surface area contributed by atoms with Gasteiger partial charge in [-0.25, -0.2) is 0 Å². The van der Waals surface area contributed by atoms with E-state index in [0.29, 0.717) is 23.6 Å². The van der Waals surface area contributed by atoms with E-state index in [1.165, 1.54) is 13.0 Å². The number of ketones is 1. The molecule has 0 aromatic heterocycles. The monoisotopic (exact) mass is 276 g/mol. The van der Waals surface area contributed by atoms with Crippen molar-refractivity contribution in [2.45, 2.75) is 13.5 Å². The van der Waals surface area contributed by atoms with Crippen molar-refractivity contribution < 1.29 is 19.4 Å². The van der Waals surface area contributed by atoms with Crippen LogP contribution in [0, 0.1) is 0 Å². The number of nitrogens with zero attached hydrogens (tertiary/aromatic N) is 1. The van der Waals surface area contributed by atoms with E-state index in [1.54, 1.807) is 23.2 Å². The summed E-state index contributed by atoms with van der Waals surface area (Å²) in [5, 5.41) is 2.65. The van der Waals surface area contributed by atoms with Crippen molar-refractivity contribution in [3.8, 4) is 5.75 Å². The van der Waals surface area contributed by atoms with Crippen molar-refractivity contribution in [3.63, 3.8) is 0 Å². The first-order valence-corrected chi connectivity index (χ1v) is 6.10. The highest BCUT2D eigenvalue weighted by Crippen LogP contribution is 2.32. The van der Waals surface area contributed by atoms with Crippen LogP contribution in [0.15, 0.2) is 24.4 Å². The number of anilines is 1. The average molecular weight is 276 g/mol. The molecule has 20 heavy (non-hydrogen) atoms. The van der Waals surface area contributed by atoms with Gasteiger partial charge in [-0.3, -0.25) is 9.59 Å². The molecular weight excluding hydrogens is 260 g/mol. The Morgan fingerprint density at radius 3 is 2.75 bits per heavy atom. The Morgan fingerprint density at radius 2 is 2.10 bits per heavy atom. The number of hydrogen-bond donors (Lipinski definition) is 1. The van der Waals surface area contributed by atoms with Gasteiger partial charge in [-0.1, -0.05) is 0 Å². The van der Waals surface area contributed by atoms with E-state index in [2.05, 4.69) is 5.32 Å². The van der Waals surface area contributed by atoms with E-state index < -0.39 is 0 Å². The molecule has 106 valence electrons. The van der Waals surface area contributed by atoms with E-state index in [-0.39, 0.29) is 11.7 Å². The number of rotatable bonds is 4. The van der Waals surface area contributed by atoms with Gasteiger partial charge in [-0.2, -0.15) is 4.89 Å². The van der Waals surface area contributed by atoms with Crippen LogP contribution < -0.4 is 10.2 Å². The van der Waals surface area contributed by atoms with Gasteiger partial charge >= 0.3 is 0 Å². The van der Waals surface area contributed by atoms with E-state index in [4.69, 9.17) is 9.78 Å². The molecule has 0 aliphatic carbocycles. The van der Waals surface area contributed by atoms with E-state index >= 15 is 0 Å². The summed E-state index contributed by atoms with van der Waals surface area (Å²) < 4.78 is 0. The minimum atomic E-state index is -0.240. The lowest BCUT2D eigenvalue weighted by molar-refractivity contribution is -0.194. The first-order valence-electron chi connectivity index (χ1n) is 6.10. The molecule has 6 nitrogen and oxygen atoms in total. The molecule has 1 aromatic rings. The topological polar surface area (TPSA) is 67.9 Å². The molecule has 0 bridgehead atoms. The molecule has 0 unspecified atom stereocenters. The summed E-state index contributed by atoms with van der Waals surface area (Å²) in [7, 11) is 3.64. The Hall–Kier alpha value is -2.34. The minimum Gasteiger partial charge on any atom is -0.383 e. The minimum absolute atomic E-state index is 0.222. The van der Waals surface area contributed by atoms with Crippen molar-refractivity contribution in [1.29, 1.82) is 0 Å². The van der Waals surface area contributed by atoms with Crippen LogP contribution in [0.2, 0.25) is 0 Å². The zero-order valence-corrected chi connectivity index (χ0v) is 11.6. The van der Waals surface area contributed by atoms with Crippen molar-refractivity contribution in [3.05, 3.63) is 35.5 Å². The lowest BCUT2D eigenvalue weighted by Gasteiger charge is -2.09. The van der Waals surface area contributed by atoms with Crippen molar-refractivity contribution in [2.24, 2.45) is 0 Å². The number of amides is 1. The molecule has 1 aromatic carbocycles. The number of allylic oxidation sites excluding steroid dienone is 1. The zero-order valence-electron chi connectivity index (χ0n) is 11.6. The Labute approximate surface area is 116 Å². The van der Waals surface area contributed by atoms with Crippen LogP contribution in [0.1, 0.15) is 22.8 Å². The van der Waals surface area contributed by atoms with Crippen LogP contribution in [0.4, 0.5) is 5.69 Å². The molecule has 0 atom stereocenters. The first-order chi connectivity index (χ1) is 9.47. The standard InChI is InChI=1S/C14H16N2O4/c1-9(17)15-12-6-10-8-19-20-14(10)7-11(12)13(18)4-5-16(2)3/h4-7H,8H2,1-3H3,(H,15,17)/b5-4+. The lowest BCUT2D eigenvalue weighted by Crippen LogP contribution is -2.11. The molecule has 0 saturated heterocycles. The Morgan fingerprint density at radius 1 is 1.35 bits per heavy atom. The van der Waals surface area contributed by atoms with Crippen LogP contribution >= 0.6 is 0 Å². The third-order valence-corrected chi connectivity index (χ3v) is 2.66. The van der Waals surface area contributed by atoms with Gasteiger partial charge in [-0.05, 0) is 12.1 Å². The number of carbonyl (C=O) groups excluding carboxylic acids is 2. The summed E-state index contributed by atoms with van der Waals surface area (Å²) in [5.41, 5.74) is 1.61. The number of fused-ring (bicyclic) bond motifs is 1. The van der Waals surface area contributed by atoms with Crippen molar-refractivity contribution >= 4 is 17.4 Å². The highest BCUT2D eigenvalue weighted by Gasteiger charge is 2.20. The third-order valence-electron chi connectivity index (χ3n) is 2.66. The molecule has 2 rings (SSSR count). The number of nitrogens with one attached hydrogen (secondary N) is 1. The van der Waals surface area contributed by atoms with Crippen LogP contribution in [-0.4, -0.2) is 30.7 Å². The Balaban J connectivity index is 2.39. The summed E-state index contributed by atoms with van der Waals surface area (Å²) >= 11 is 0. The first kappa shape index (κ1) is 14.1. The molecule has 1 aliphatic heterocycles. The second-order valence-electron chi connectivity index (χ2n) is 4.68. The average Bonchev–Trinajstić information content (AvgIpc) is 2.81. The number of benzene rings is 1. The maximum atomic E-state index is 12.2. The largest absolute Gasteiger partial charge is 0.383 e. The Kier molecular flexibility index (Phi) is 4.05. The molecule has 1 N–H and O–H groups in total. The van der Waals surface area contributed by atoms with Gasteiger partial charge < -0.3 is 15.1 Å². The zero-order chi connectivity index (χ0) is 14.7. The second-order valence-corrected chi connectivity index (χ2v) is 4.68. The number of carbonyl (C=O) groups is 2. The van der Waals surface area contributed by atoms with Crippen molar-refractivity contribution in [2.75, 3.05) is 19.4 Å². The highest BCUT2D eigenvalue weighted by molar-refractivity contribution is 6.10. The maximum Gasteiger partial charge on any atom is 0.221 e. The quantitative estimate of drug-likeness (QED) is 0.515. The van der Waals surface area contributed by atoms with Crippen LogP contribution in [0.5, 0.6) is 5.75 Å². The van der Waals surface area contributed by atoms with Gasteiger partial charge in [0.05, 0.1) is 5.69 Å². The normalized spacial score (nSPS) is 12.9. The van der Waals surface area contributed by atoms with Crippen molar-refractivity contribution in [1.82, 2.24) is 4.90 Å². The van der Waals surface area contributed by atoms with Crippen LogP contribution in [0.3, 0.4) is 0 Å². The molecular formula is C14H16N2O4.